The summed E-state index contributed by atoms with van der Waals surface area (Å²) in [7, 11) is -3.59. The Morgan fingerprint density at radius 1 is 1.32 bits per heavy atom. The molecule has 3 N–H and O–H groups in total. The number of nitrogen functional groups attached to an aromatic ring is 1. The lowest BCUT2D eigenvalue weighted by Crippen LogP contribution is -2.43. The second-order valence-corrected chi connectivity index (χ2v) is 8.22. The molecule has 2 unspecified atom stereocenters. The Labute approximate surface area is 117 Å². The Bertz CT molecular complexity index is 527. The molecule has 1 heterocycles. The summed E-state index contributed by atoms with van der Waals surface area (Å²) in [5.41, 5.74) is 5.44. The smallest absolute Gasteiger partial charge is 0.270 e. The van der Waals surface area contributed by atoms with Crippen LogP contribution < -0.4 is 10.5 Å². The molecule has 0 spiro atoms. The predicted molar refractivity (Wildman–Crippen MR) is 75.2 cm³/mol. The summed E-state index contributed by atoms with van der Waals surface area (Å²) in [6.07, 6.45) is 4.20. The maximum atomic E-state index is 12.2. The van der Waals surface area contributed by atoms with Gasteiger partial charge in [0.1, 0.15) is 0 Å². The van der Waals surface area contributed by atoms with Crippen molar-refractivity contribution >= 4 is 26.5 Å². The molecular weight excluding hydrogens is 284 g/mol. The van der Waals surface area contributed by atoms with Crippen molar-refractivity contribution in [3.63, 3.8) is 0 Å². The molecule has 0 aromatic carbocycles. The minimum atomic E-state index is -3.59. The normalized spacial score (nSPS) is 24.8. The summed E-state index contributed by atoms with van der Waals surface area (Å²) in [4.78, 5) is 0. The van der Waals surface area contributed by atoms with Gasteiger partial charge in [0.05, 0.1) is 0 Å². The van der Waals surface area contributed by atoms with Crippen molar-refractivity contribution in [3.8, 4) is 0 Å². The number of sulfonamides is 1. The molecule has 0 bridgehead atoms. The van der Waals surface area contributed by atoms with Crippen LogP contribution in [-0.2, 0) is 10.0 Å². The maximum Gasteiger partial charge on any atom is 0.270 e. The van der Waals surface area contributed by atoms with Gasteiger partial charge in [-0.3, -0.25) is 0 Å². The average molecular weight is 304 g/mol. The highest BCUT2D eigenvalue weighted by Crippen LogP contribution is 2.31. The Morgan fingerprint density at radius 2 is 2.00 bits per heavy atom. The molecule has 2 rings (SSSR count). The summed E-state index contributed by atoms with van der Waals surface area (Å²) >= 11 is 0.898. The molecule has 0 radical (unpaired) electrons. The number of anilines is 1. The summed E-state index contributed by atoms with van der Waals surface area (Å²) in [6, 6.07) is -0.0103. The highest BCUT2D eigenvalue weighted by molar-refractivity contribution is 7.91. The number of hydrogen-bond donors (Lipinski definition) is 2. The van der Waals surface area contributed by atoms with Crippen LogP contribution in [0.3, 0.4) is 0 Å². The summed E-state index contributed by atoms with van der Waals surface area (Å²) in [5.74, 6) is 0.848. The first-order valence-electron chi connectivity index (χ1n) is 6.51. The molecule has 1 aliphatic carbocycles. The Balaban J connectivity index is 2.14. The quantitative estimate of drug-likeness (QED) is 0.880. The summed E-state index contributed by atoms with van der Waals surface area (Å²) in [5, 5.41) is 7.34. The average Bonchev–Trinajstić information content (AvgIpc) is 2.76. The standard InChI is InChI=1S/C11H20N4O2S2/c1-7(2)8-5-3-4-6-9(8)15-19(16,17)11-14-13-10(12)18-11/h7-9,15H,3-6H2,1-2H3,(H2,12,13). The molecule has 1 fully saturated rings. The zero-order chi connectivity index (χ0) is 14.0. The van der Waals surface area contributed by atoms with E-state index in [4.69, 9.17) is 5.73 Å². The molecule has 1 aliphatic rings. The molecule has 1 aromatic heterocycles. The van der Waals surface area contributed by atoms with Gasteiger partial charge in [-0.1, -0.05) is 38.0 Å². The molecule has 8 heteroatoms. The van der Waals surface area contributed by atoms with Crippen LogP contribution >= 0.6 is 11.3 Å². The lowest BCUT2D eigenvalue weighted by Gasteiger charge is -2.34. The van der Waals surface area contributed by atoms with E-state index >= 15 is 0 Å². The first kappa shape index (κ1) is 14.7. The zero-order valence-corrected chi connectivity index (χ0v) is 12.8. The fourth-order valence-electron chi connectivity index (χ4n) is 2.68. The second kappa shape index (κ2) is 5.72. The minimum absolute atomic E-state index is 0.0103. The Hall–Kier alpha value is -0.730. The third kappa shape index (κ3) is 3.43. The van der Waals surface area contributed by atoms with E-state index in [2.05, 4.69) is 28.8 Å². The van der Waals surface area contributed by atoms with Crippen molar-refractivity contribution in [2.45, 2.75) is 49.9 Å². The van der Waals surface area contributed by atoms with Crippen molar-refractivity contribution in [1.82, 2.24) is 14.9 Å². The van der Waals surface area contributed by atoms with Crippen LogP contribution in [0.15, 0.2) is 4.34 Å². The van der Waals surface area contributed by atoms with Crippen LogP contribution in [0.5, 0.6) is 0 Å². The first-order chi connectivity index (χ1) is 8.90. The number of rotatable bonds is 4. The molecule has 0 saturated heterocycles. The number of nitrogens with one attached hydrogen (secondary N) is 1. The maximum absolute atomic E-state index is 12.2. The van der Waals surface area contributed by atoms with Gasteiger partial charge in [-0.05, 0) is 24.7 Å². The van der Waals surface area contributed by atoms with Gasteiger partial charge in [0.15, 0.2) is 0 Å². The number of nitrogens with two attached hydrogens (primary N) is 1. The number of aromatic nitrogens is 2. The van der Waals surface area contributed by atoms with E-state index in [0.717, 1.165) is 30.6 Å². The Morgan fingerprint density at radius 3 is 2.58 bits per heavy atom. The zero-order valence-electron chi connectivity index (χ0n) is 11.2. The van der Waals surface area contributed by atoms with E-state index in [9.17, 15) is 8.42 Å². The highest BCUT2D eigenvalue weighted by atomic mass is 32.2. The van der Waals surface area contributed by atoms with Crippen LogP contribution in [0, 0.1) is 11.8 Å². The molecule has 6 nitrogen and oxygen atoms in total. The first-order valence-corrected chi connectivity index (χ1v) is 8.81. The summed E-state index contributed by atoms with van der Waals surface area (Å²) in [6.45, 7) is 4.28. The summed E-state index contributed by atoms with van der Waals surface area (Å²) < 4.78 is 27.2. The van der Waals surface area contributed by atoms with Crippen molar-refractivity contribution in [1.29, 1.82) is 0 Å². The highest BCUT2D eigenvalue weighted by Gasteiger charge is 2.32. The topological polar surface area (TPSA) is 98.0 Å². The van der Waals surface area contributed by atoms with Gasteiger partial charge >= 0.3 is 0 Å². The van der Waals surface area contributed by atoms with Gasteiger partial charge in [0.25, 0.3) is 10.0 Å². The van der Waals surface area contributed by atoms with Crippen LogP contribution in [0.4, 0.5) is 5.13 Å². The largest absolute Gasteiger partial charge is 0.374 e. The van der Waals surface area contributed by atoms with Crippen molar-refractivity contribution in [2.24, 2.45) is 11.8 Å². The monoisotopic (exact) mass is 304 g/mol. The molecule has 1 saturated carbocycles. The lowest BCUT2D eigenvalue weighted by atomic mass is 9.78. The van der Waals surface area contributed by atoms with Gasteiger partial charge in [0.2, 0.25) is 9.47 Å². The molecule has 0 amide bonds. The van der Waals surface area contributed by atoms with Gasteiger partial charge in [-0.2, -0.15) is 0 Å². The van der Waals surface area contributed by atoms with Crippen LogP contribution in [0.25, 0.3) is 0 Å². The van der Waals surface area contributed by atoms with Crippen molar-refractivity contribution in [2.75, 3.05) is 5.73 Å². The van der Waals surface area contributed by atoms with E-state index in [0.29, 0.717) is 11.8 Å². The third-order valence-corrected chi connectivity index (χ3v) is 6.24. The van der Waals surface area contributed by atoms with Gasteiger partial charge in [-0.25, -0.2) is 13.1 Å². The van der Waals surface area contributed by atoms with Crippen LogP contribution in [-0.4, -0.2) is 24.7 Å². The van der Waals surface area contributed by atoms with Gasteiger partial charge in [0, 0.05) is 6.04 Å². The van der Waals surface area contributed by atoms with E-state index < -0.39 is 10.0 Å². The van der Waals surface area contributed by atoms with E-state index in [1.165, 1.54) is 6.42 Å². The minimum Gasteiger partial charge on any atom is -0.374 e. The van der Waals surface area contributed by atoms with E-state index in [1.54, 1.807) is 0 Å². The van der Waals surface area contributed by atoms with Crippen molar-refractivity contribution < 1.29 is 8.42 Å². The fourth-order valence-corrected chi connectivity index (χ4v) is 4.80. The van der Waals surface area contributed by atoms with E-state index in [-0.39, 0.29) is 15.5 Å². The molecule has 108 valence electrons. The fraction of sp³-hybridized carbons (Fsp3) is 0.818. The Kier molecular flexibility index (Phi) is 4.42. The van der Waals surface area contributed by atoms with Crippen LogP contribution in [0.1, 0.15) is 39.5 Å². The lowest BCUT2D eigenvalue weighted by molar-refractivity contribution is 0.226. The number of hydrogen-bond acceptors (Lipinski definition) is 6. The number of nitrogens with zero attached hydrogens (tertiary/aromatic N) is 2. The molecule has 2 atom stereocenters. The molecule has 19 heavy (non-hydrogen) atoms. The SMILES string of the molecule is CC(C)C1CCCCC1NS(=O)(=O)c1nnc(N)s1. The predicted octanol–water partition coefficient (Wildman–Crippen LogP) is 1.61. The van der Waals surface area contributed by atoms with Gasteiger partial charge in [-0.15, -0.1) is 10.2 Å². The third-order valence-electron chi connectivity index (χ3n) is 3.63. The molecule has 1 aromatic rings. The van der Waals surface area contributed by atoms with Crippen molar-refractivity contribution in [3.05, 3.63) is 0 Å². The molecule has 0 aliphatic heterocycles. The van der Waals surface area contributed by atoms with E-state index in [1.807, 2.05) is 0 Å². The van der Waals surface area contributed by atoms with Gasteiger partial charge < -0.3 is 5.73 Å². The molecular formula is C11H20N4O2S2. The second-order valence-electron chi connectivity index (χ2n) is 5.33. The van der Waals surface area contributed by atoms with Crippen LogP contribution in [0.2, 0.25) is 0 Å².